The first-order valence-electron chi connectivity index (χ1n) is 9.63. The van der Waals surface area contributed by atoms with Crippen LogP contribution in [0.25, 0.3) is 11.3 Å². The predicted octanol–water partition coefficient (Wildman–Crippen LogP) is 3.14. The van der Waals surface area contributed by atoms with Gasteiger partial charge in [-0.3, -0.25) is 4.79 Å². The molecule has 0 aliphatic carbocycles. The summed E-state index contributed by atoms with van der Waals surface area (Å²) in [4.78, 5) is 14.3. The molecule has 154 valence electrons. The van der Waals surface area contributed by atoms with Gasteiger partial charge in [0.15, 0.2) is 24.0 Å². The Morgan fingerprint density at radius 3 is 2.67 bits per heavy atom. The molecular weight excluding hydrogens is 387 g/mol. The van der Waals surface area contributed by atoms with Crippen molar-refractivity contribution in [2.45, 2.75) is 0 Å². The van der Waals surface area contributed by atoms with Gasteiger partial charge < -0.3 is 19.7 Å². The summed E-state index contributed by atoms with van der Waals surface area (Å²) in [6.07, 6.45) is 0. The number of hydrogen-bond acceptors (Lipinski definition) is 6. The van der Waals surface area contributed by atoms with Crippen LogP contribution in [0.3, 0.4) is 0 Å². The van der Waals surface area contributed by atoms with Gasteiger partial charge in [-0.05, 0) is 36.4 Å². The van der Waals surface area contributed by atoms with Crippen molar-refractivity contribution in [3.05, 3.63) is 66.5 Å². The lowest BCUT2D eigenvalue weighted by atomic mass is 10.1. The maximum atomic E-state index is 13.6. The number of carbonyl (C=O) groups is 1. The lowest BCUT2D eigenvalue weighted by molar-refractivity contribution is -0.118. The maximum Gasteiger partial charge on any atom is 0.262 e. The van der Waals surface area contributed by atoms with E-state index in [-0.39, 0.29) is 18.3 Å². The van der Waals surface area contributed by atoms with Crippen LogP contribution < -0.4 is 15.0 Å². The fourth-order valence-corrected chi connectivity index (χ4v) is 3.10. The molecule has 30 heavy (non-hydrogen) atoms. The summed E-state index contributed by atoms with van der Waals surface area (Å²) in [6, 6.07) is 17.1. The Bertz CT molecular complexity index is 1010. The van der Waals surface area contributed by atoms with Crippen molar-refractivity contribution in [1.29, 1.82) is 0 Å². The Morgan fingerprint density at radius 1 is 1.07 bits per heavy atom. The summed E-state index contributed by atoms with van der Waals surface area (Å²) in [6.45, 7) is 2.67. The Kier molecular flexibility index (Phi) is 6.14. The highest BCUT2D eigenvalue weighted by Gasteiger charge is 2.13. The molecule has 0 bridgehead atoms. The highest BCUT2D eigenvalue weighted by Crippen LogP contribution is 2.22. The molecule has 8 heteroatoms. The van der Waals surface area contributed by atoms with E-state index in [9.17, 15) is 9.18 Å². The molecule has 2 aromatic carbocycles. The SMILES string of the molecule is O=C(COc1ccccc1F)Nc1cccc(-c2ccc(N3CCOCC3)nn2)c1. The number of amides is 1. The predicted molar refractivity (Wildman–Crippen MR) is 111 cm³/mol. The van der Waals surface area contributed by atoms with Crippen LogP contribution in [0.4, 0.5) is 15.9 Å². The van der Waals surface area contributed by atoms with E-state index in [4.69, 9.17) is 9.47 Å². The number of halogens is 1. The van der Waals surface area contributed by atoms with Crippen LogP contribution in [0.5, 0.6) is 5.75 Å². The van der Waals surface area contributed by atoms with Crippen LogP contribution in [-0.4, -0.2) is 49.0 Å². The number of anilines is 2. The molecule has 1 fully saturated rings. The van der Waals surface area contributed by atoms with Gasteiger partial charge >= 0.3 is 0 Å². The Hall–Kier alpha value is -3.52. The Balaban J connectivity index is 1.38. The van der Waals surface area contributed by atoms with Gasteiger partial charge in [-0.15, -0.1) is 10.2 Å². The van der Waals surface area contributed by atoms with E-state index in [1.807, 2.05) is 24.3 Å². The summed E-state index contributed by atoms with van der Waals surface area (Å²) in [5.74, 6) is -0.0376. The second kappa shape index (κ2) is 9.32. The zero-order valence-electron chi connectivity index (χ0n) is 16.3. The average Bonchev–Trinajstić information content (AvgIpc) is 2.79. The normalized spacial score (nSPS) is 13.7. The zero-order chi connectivity index (χ0) is 20.8. The topological polar surface area (TPSA) is 76.6 Å². The van der Waals surface area contributed by atoms with Crippen molar-refractivity contribution >= 4 is 17.4 Å². The first kappa shape index (κ1) is 19.8. The smallest absolute Gasteiger partial charge is 0.262 e. The number of para-hydroxylation sites is 1. The van der Waals surface area contributed by atoms with Crippen LogP contribution >= 0.6 is 0 Å². The molecule has 1 aliphatic heterocycles. The van der Waals surface area contributed by atoms with Crippen LogP contribution in [0.15, 0.2) is 60.7 Å². The van der Waals surface area contributed by atoms with Gasteiger partial charge in [0.1, 0.15) is 0 Å². The van der Waals surface area contributed by atoms with Crippen LogP contribution in [0, 0.1) is 5.82 Å². The quantitative estimate of drug-likeness (QED) is 0.675. The molecule has 2 heterocycles. The molecule has 0 atom stereocenters. The highest BCUT2D eigenvalue weighted by molar-refractivity contribution is 5.92. The summed E-state index contributed by atoms with van der Waals surface area (Å²) < 4.78 is 24.2. The molecule has 1 saturated heterocycles. The van der Waals surface area contributed by atoms with E-state index in [0.29, 0.717) is 24.6 Å². The minimum Gasteiger partial charge on any atom is -0.481 e. The first-order valence-corrected chi connectivity index (χ1v) is 9.63. The third-order valence-electron chi connectivity index (χ3n) is 4.62. The lowest BCUT2D eigenvalue weighted by Gasteiger charge is -2.27. The van der Waals surface area contributed by atoms with Crippen LogP contribution in [0.1, 0.15) is 0 Å². The maximum absolute atomic E-state index is 13.6. The number of aromatic nitrogens is 2. The number of nitrogens with zero attached hydrogens (tertiary/aromatic N) is 3. The highest BCUT2D eigenvalue weighted by atomic mass is 19.1. The molecule has 1 N–H and O–H groups in total. The lowest BCUT2D eigenvalue weighted by Crippen LogP contribution is -2.36. The van der Waals surface area contributed by atoms with E-state index in [0.717, 1.165) is 24.5 Å². The van der Waals surface area contributed by atoms with Gasteiger partial charge in [-0.1, -0.05) is 24.3 Å². The molecule has 0 spiro atoms. The number of benzene rings is 2. The standard InChI is InChI=1S/C22H21FN4O3/c23-18-6-1-2-7-20(18)30-15-22(28)24-17-5-3-4-16(14-17)19-8-9-21(26-25-19)27-10-12-29-13-11-27/h1-9,14H,10-13,15H2,(H,24,28). The molecular formula is C22H21FN4O3. The number of rotatable bonds is 6. The molecule has 0 radical (unpaired) electrons. The second-order valence-electron chi connectivity index (χ2n) is 6.72. The molecule has 1 amide bonds. The third kappa shape index (κ3) is 4.90. The molecule has 1 aliphatic rings. The van der Waals surface area contributed by atoms with E-state index < -0.39 is 5.82 Å². The number of carbonyl (C=O) groups excluding carboxylic acids is 1. The molecule has 3 aromatic rings. The first-order chi connectivity index (χ1) is 14.7. The average molecular weight is 408 g/mol. The monoisotopic (exact) mass is 408 g/mol. The van der Waals surface area contributed by atoms with E-state index >= 15 is 0 Å². The van der Waals surface area contributed by atoms with Crippen molar-refractivity contribution in [3.8, 4) is 17.0 Å². The fourth-order valence-electron chi connectivity index (χ4n) is 3.10. The summed E-state index contributed by atoms with van der Waals surface area (Å²) in [5, 5.41) is 11.4. The Morgan fingerprint density at radius 2 is 1.90 bits per heavy atom. The molecule has 0 saturated carbocycles. The summed E-state index contributed by atoms with van der Waals surface area (Å²) in [7, 11) is 0. The minimum absolute atomic E-state index is 0.0389. The molecule has 7 nitrogen and oxygen atoms in total. The van der Waals surface area contributed by atoms with E-state index in [1.165, 1.54) is 12.1 Å². The summed E-state index contributed by atoms with van der Waals surface area (Å²) in [5.41, 5.74) is 2.11. The number of ether oxygens (including phenoxy) is 2. The Labute approximate surface area is 173 Å². The van der Waals surface area contributed by atoms with Gasteiger partial charge in [0, 0.05) is 24.3 Å². The molecule has 0 unspecified atom stereocenters. The van der Waals surface area contributed by atoms with Crippen LogP contribution in [-0.2, 0) is 9.53 Å². The molecule has 1 aromatic heterocycles. The van der Waals surface area contributed by atoms with Gasteiger partial charge in [0.2, 0.25) is 0 Å². The summed E-state index contributed by atoms with van der Waals surface area (Å²) >= 11 is 0. The van der Waals surface area contributed by atoms with Crippen molar-refractivity contribution in [2.24, 2.45) is 0 Å². The van der Waals surface area contributed by atoms with Gasteiger partial charge in [-0.2, -0.15) is 0 Å². The van der Waals surface area contributed by atoms with E-state index in [1.54, 1.807) is 24.3 Å². The number of hydrogen-bond donors (Lipinski definition) is 1. The number of morpholine rings is 1. The molecule has 4 rings (SSSR count). The van der Waals surface area contributed by atoms with Gasteiger partial charge in [-0.25, -0.2) is 4.39 Å². The minimum atomic E-state index is -0.508. The van der Waals surface area contributed by atoms with Crippen molar-refractivity contribution in [1.82, 2.24) is 10.2 Å². The zero-order valence-corrected chi connectivity index (χ0v) is 16.3. The third-order valence-corrected chi connectivity index (χ3v) is 4.62. The van der Waals surface area contributed by atoms with Gasteiger partial charge in [0.25, 0.3) is 5.91 Å². The number of nitrogens with one attached hydrogen (secondary N) is 1. The van der Waals surface area contributed by atoms with Crippen LogP contribution in [0.2, 0.25) is 0 Å². The van der Waals surface area contributed by atoms with Crippen molar-refractivity contribution in [3.63, 3.8) is 0 Å². The fraction of sp³-hybridized carbons (Fsp3) is 0.227. The van der Waals surface area contributed by atoms with Crippen molar-refractivity contribution < 1.29 is 18.7 Å². The second-order valence-corrected chi connectivity index (χ2v) is 6.72. The van der Waals surface area contributed by atoms with Crippen molar-refractivity contribution in [2.75, 3.05) is 43.1 Å². The largest absolute Gasteiger partial charge is 0.481 e. The van der Waals surface area contributed by atoms with Gasteiger partial charge in [0.05, 0.1) is 18.9 Å². The van der Waals surface area contributed by atoms with E-state index in [2.05, 4.69) is 20.4 Å².